The molecule has 0 radical (unpaired) electrons. The van der Waals surface area contributed by atoms with Gasteiger partial charge in [0.2, 0.25) is 5.69 Å². The quantitative estimate of drug-likeness (QED) is 0.666. The third-order valence-electron chi connectivity index (χ3n) is 2.06. The van der Waals surface area contributed by atoms with Gasteiger partial charge in [0.1, 0.15) is 0 Å². The van der Waals surface area contributed by atoms with Gasteiger partial charge in [-0.15, -0.1) is 0 Å². The van der Waals surface area contributed by atoms with Gasteiger partial charge in [0, 0.05) is 5.75 Å². The maximum atomic E-state index is 5.57. The van der Waals surface area contributed by atoms with Crippen molar-refractivity contribution in [2.24, 2.45) is 0 Å². The van der Waals surface area contributed by atoms with Crippen LogP contribution in [0.4, 0.5) is 0 Å². The van der Waals surface area contributed by atoms with Crippen molar-refractivity contribution in [1.82, 2.24) is 0 Å². The van der Waals surface area contributed by atoms with Crippen LogP contribution in [0.25, 0.3) is 0 Å². The van der Waals surface area contributed by atoms with Crippen LogP contribution in [-0.4, -0.2) is 19.0 Å². The van der Waals surface area contributed by atoms with Gasteiger partial charge in [-0.25, -0.2) is 0 Å². The highest BCUT2D eigenvalue weighted by molar-refractivity contribution is 8.67. The molecular weight excluding hydrogens is 271 g/mol. The van der Waals surface area contributed by atoms with Crippen molar-refractivity contribution >= 4 is 28.9 Å². The van der Waals surface area contributed by atoms with Crippen molar-refractivity contribution < 1.29 is 9.05 Å². The van der Waals surface area contributed by atoms with Crippen molar-refractivity contribution in [1.29, 1.82) is 0 Å². The number of benzene rings is 1. The molecule has 0 saturated carbocycles. The first-order valence-electron chi connectivity index (χ1n) is 5.77. The van der Waals surface area contributed by atoms with E-state index in [9.17, 15) is 0 Å². The van der Waals surface area contributed by atoms with E-state index < -0.39 is 5.69 Å². The zero-order valence-corrected chi connectivity index (χ0v) is 12.8. The molecule has 96 valence electrons. The van der Waals surface area contributed by atoms with Crippen LogP contribution in [0.1, 0.15) is 19.4 Å². The van der Waals surface area contributed by atoms with Gasteiger partial charge >= 0.3 is 0 Å². The van der Waals surface area contributed by atoms with Crippen molar-refractivity contribution in [3.8, 4) is 0 Å². The summed E-state index contributed by atoms with van der Waals surface area (Å²) in [6, 6.07) is 10.4. The molecule has 0 saturated heterocycles. The average Bonchev–Trinajstić information content (AvgIpc) is 2.31. The Morgan fingerprint density at radius 1 is 1.12 bits per heavy atom. The smallest absolute Gasteiger partial charge is 0.247 e. The molecule has 17 heavy (non-hydrogen) atoms. The van der Waals surface area contributed by atoms with Gasteiger partial charge in [0.15, 0.2) is 0 Å². The highest BCUT2D eigenvalue weighted by Gasteiger charge is 2.18. The first kappa shape index (κ1) is 15.2. The Balaban J connectivity index is 2.40. The predicted octanol–water partition coefficient (Wildman–Crippen LogP) is 4.26. The Labute approximate surface area is 113 Å². The molecule has 5 heteroatoms. The summed E-state index contributed by atoms with van der Waals surface area (Å²) in [6.45, 7) is 5.15. The molecule has 0 amide bonds. The van der Waals surface area contributed by atoms with E-state index in [2.05, 4.69) is 24.3 Å². The van der Waals surface area contributed by atoms with Crippen molar-refractivity contribution in [2.75, 3.05) is 19.0 Å². The third kappa shape index (κ3) is 6.03. The lowest BCUT2D eigenvalue weighted by molar-refractivity contribution is 0.280. The largest absolute Gasteiger partial charge is 0.322 e. The number of hydrogen-bond donors (Lipinski definition) is 0. The van der Waals surface area contributed by atoms with Crippen molar-refractivity contribution in [3.05, 3.63) is 35.9 Å². The van der Waals surface area contributed by atoms with Crippen LogP contribution in [0.3, 0.4) is 0 Å². The van der Waals surface area contributed by atoms with E-state index in [1.54, 1.807) is 11.4 Å². The summed E-state index contributed by atoms with van der Waals surface area (Å²) >= 11 is 7.09. The lowest BCUT2D eigenvalue weighted by Crippen LogP contribution is -1.95. The number of aryl methyl sites for hydroxylation is 1. The molecule has 1 aromatic carbocycles. The van der Waals surface area contributed by atoms with E-state index in [0.717, 1.165) is 12.2 Å². The normalized spacial score (nSPS) is 11.6. The molecule has 0 aliphatic carbocycles. The fourth-order valence-electron chi connectivity index (χ4n) is 1.35. The van der Waals surface area contributed by atoms with Crippen molar-refractivity contribution in [3.63, 3.8) is 0 Å². The second-order valence-corrected chi connectivity index (χ2v) is 9.78. The first-order valence-corrected chi connectivity index (χ1v) is 10.0. The maximum absolute atomic E-state index is 5.57. The first-order chi connectivity index (χ1) is 8.20. The average molecular weight is 290 g/mol. The summed E-state index contributed by atoms with van der Waals surface area (Å²) in [5, 5.41) is 0. The lowest BCUT2D eigenvalue weighted by atomic mass is 10.2. The highest BCUT2D eigenvalue weighted by atomic mass is 32.9. The summed E-state index contributed by atoms with van der Waals surface area (Å²) in [5.74, 6) is 0.946. The van der Waals surface area contributed by atoms with E-state index in [0.29, 0.717) is 13.2 Å². The summed E-state index contributed by atoms with van der Waals surface area (Å²) in [6.07, 6.45) is 1.00. The number of hydrogen-bond acceptors (Lipinski definition) is 4. The molecule has 1 rings (SSSR count). The minimum Gasteiger partial charge on any atom is -0.322 e. The van der Waals surface area contributed by atoms with Gasteiger partial charge in [-0.1, -0.05) is 41.7 Å². The summed E-state index contributed by atoms with van der Waals surface area (Å²) in [4.78, 5) is 0. The maximum Gasteiger partial charge on any atom is 0.247 e. The third-order valence-corrected chi connectivity index (χ3v) is 7.62. The van der Waals surface area contributed by atoms with Gasteiger partial charge < -0.3 is 9.05 Å². The zero-order valence-electron chi connectivity index (χ0n) is 10.3. The lowest BCUT2D eigenvalue weighted by Gasteiger charge is -2.19. The molecule has 0 aliphatic rings. The van der Waals surface area contributed by atoms with Gasteiger partial charge in [0.05, 0.1) is 13.2 Å². The molecule has 1 aromatic rings. The van der Waals surface area contributed by atoms with Crippen molar-refractivity contribution in [2.45, 2.75) is 20.3 Å². The predicted molar refractivity (Wildman–Crippen MR) is 80.1 cm³/mol. The molecular formula is C12H19O2PS2. The minimum atomic E-state index is -2.11. The fourth-order valence-corrected chi connectivity index (χ4v) is 6.08. The molecule has 0 aliphatic heterocycles. The molecule has 2 nitrogen and oxygen atoms in total. The molecule has 0 fully saturated rings. The van der Waals surface area contributed by atoms with Gasteiger partial charge in [-0.2, -0.15) is 0 Å². The van der Waals surface area contributed by atoms with Crippen LogP contribution >= 0.6 is 17.1 Å². The van der Waals surface area contributed by atoms with Crippen LogP contribution in [0, 0.1) is 0 Å². The Morgan fingerprint density at radius 2 is 1.71 bits per heavy atom. The van der Waals surface area contributed by atoms with E-state index in [-0.39, 0.29) is 0 Å². The van der Waals surface area contributed by atoms with Crippen LogP contribution in [0.15, 0.2) is 30.3 Å². The molecule has 0 unspecified atom stereocenters. The SMILES string of the molecule is CCOP(=S)(OCC)SCCc1ccccc1. The second kappa shape index (κ2) is 8.28. The summed E-state index contributed by atoms with van der Waals surface area (Å²) in [5.41, 5.74) is -0.778. The summed E-state index contributed by atoms with van der Waals surface area (Å²) in [7, 11) is 0. The van der Waals surface area contributed by atoms with E-state index in [1.807, 2.05) is 19.9 Å². The van der Waals surface area contributed by atoms with E-state index in [4.69, 9.17) is 20.9 Å². The fraction of sp³-hybridized carbons (Fsp3) is 0.500. The van der Waals surface area contributed by atoms with Gasteiger partial charge in [0.25, 0.3) is 0 Å². The standard InChI is InChI=1S/C12H19O2PS2/c1-3-13-15(16,14-4-2)17-11-10-12-8-6-5-7-9-12/h5-9H,3-4,10-11H2,1-2H3. The molecule has 0 bridgehead atoms. The minimum absolute atomic E-state index is 0.621. The van der Waals surface area contributed by atoms with Crippen LogP contribution in [-0.2, 0) is 27.3 Å². The molecule has 0 aromatic heterocycles. The van der Waals surface area contributed by atoms with E-state index in [1.165, 1.54) is 5.56 Å². The second-order valence-electron chi connectivity index (χ2n) is 3.35. The Kier molecular flexibility index (Phi) is 7.40. The van der Waals surface area contributed by atoms with Gasteiger partial charge in [-0.05, 0) is 37.6 Å². The summed E-state index contributed by atoms with van der Waals surface area (Å²) < 4.78 is 11.1. The monoisotopic (exact) mass is 290 g/mol. The molecule has 0 N–H and O–H groups in total. The Morgan fingerprint density at radius 3 is 2.24 bits per heavy atom. The van der Waals surface area contributed by atoms with Crippen LogP contribution in [0.2, 0.25) is 0 Å². The Hall–Kier alpha value is 0.140. The van der Waals surface area contributed by atoms with Crippen LogP contribution in [0.5, 0.6) is 0 Å². The molecule has 0 atom stereocenters. The number of rotatable bonds is 8. The molecule has 0 spiro atoms. The van der Waals surface area contributed by atoms with Crippen LogP contribution < -0.4 is 0 Å². The van der Waals surface area contributed by atoms with E-state index >= 15 is 0 Å². The zero-order chi connectivity index (χ0) is 12.6. The molecule has 0 heterocycles. The topological polar surface area (TPSA) is 18.5 Å². The van der Waals surface area contributed by atoms with Gasteiger partial charge in [-0.3, -0.25) is 0 Å². The highest BCUT2D eigenvalue weighted by Crippen LogP contribution is 2.60. The Bertz CT molecular complexity index is 347.